The number of rotatable bonds is 7. The highest BCUT2D eigenvalue weighted by atomic mass is 127. The van der Waals surface area contributed by atoms with Crippen LogP contribution in [0.5, 0.6) is 0 Å². The predicted molar refractivity (Wildman–Crippen MR) is 84.2 cm³/mol. The lowest BCUT2D eigenvalue weighted by atomic mass is 10.00. The fourth-order valence-corrected chi connectivity index (χ4v) is 2.15. The number of nitrogens with one attached hydrogen (secondary N) is 1. The Bertz CT molecular complexity index is 342. The SMILES string of the molecule is C=C(C)CCC(NCCC)c1ccc(I)cc1. The van der Waals surface area contributed by atoms with Gasteiger partial charge in [0.15, 0.2) is 0 Å². The molecule has 1 atom stereocenters. The molecule has 0 saturated carbocycles. The van der Waals surface area contributed by atoms with Crippen molar-refractivity contribution in [2.75, 3.05) is 6.54 Å². The third-order valence-electron chi connectivity index (χ3n) is 2.77. The van der Waals surface area contributed by atoms with Crippen LogP contribution in [0, 0.1) is 3.57 Å². The van der Waals surface area contributed by atoms with E-state index in [1.807, 2.05) is 0 Å². The van der Waals surface area contributed by atoms with Crippen molar-refractivity contribution in [3.05, 3.63) is 45.6 Å². The number of benzene rings is 1. The van der Waals surface area contributed by atoms with E-state index in [9.17, 15) is 0 Å². The van der Waals surface area contributed by atoms with Crippen LogP contribution in [0.1, 0.15) is 44.7 Å². The second-order valence-corrected chi connectivity index (χ2v) is 5.80. The van der Waals surface area contributed by atoms with Gasteiger partial charge in [-0.3, -0.25) is 0 Å². The largest absolute Gasteiger partial charge is 0.310 e. The maximum Gasteiger partial charge on any atom is 0.0323 e. The predicted octanol–water partition coefficient (Wildman–Crippen LogP) is 4.69. The summed E-state index contributed by atoms with van der Waals surface area (Å²) in [5, 5.41) is 3.62. The molecule has 2 heteroatoms. The van der Waals surface area contributed by atoms with Crippen LogP contribution in [0.15, 0.2) is 36.4 Å². The highest BCUT2D eigenvalue weighted by Gasteiger charge is 2.09. The van der Waals surface area contributed by atoms with E-state index in [0.717, 1.165) is 19.4 Å². The summed E-state index contributed by atoms with van der Waals surface area (Å²) in [6.07, 6.45) is 3.40. The maximum atomic E-state index is 3.99. The topological polar surface area (TPSA) is 12.0 Å². The summed E-state index contributed by atoms with van der Waals surface area (Å²) in [6.45, 7) is 9.37. The van der Waals surface area contributed by atoms with Crippen molar-refractivity contribution in [1.82, 2.24) is 5.32 Å². The lowest BCUT2D eigenvalue weighted by Crippen LogP contribution is -2.22. The van der Waals surface area contributed by atoms with Crippen LogP contribution in [0.3, 0.4) is 0 Å². The molecule has 0 heterocycles. The highest BCUT2D eigenvalue weighted by Crippen LogP contribution is 2.21. The average molecular weight is 343 g/mol. The van der Waals surface area contributed by atoms with Gasteiger partial charge in [-0.05, 0) is 73.0 Å². The van der Waals surface area contributed by atoms with Gasteiger partial charge >= 0.3 is 0 Å². The second kappa shape index (κ2) is 7.88. The van der Waals surface area contributed by atoms with E-state index in [2.05, 4.69) is 72.6 Å². The van der Waals surface area contributed by atoms with E-state index in [1.54, 1.807) is 0 Å². The third kappa shape index (κ3) is 5.68. The van der Waals surface area contributed by atoms with Gasteiger partial charge in [-0.2, -0.15) is 0 Å². The molecule has 1 N–H and O–H groups in total. The van der Waals surface area contributed by atoms with Crippen molar-refractivity contribution in [3.63, 3.8) is 0 Å². The molecule has 1 unspecified atom stereocenters. The first kappa shape index (κ1) is 14.7. The summed E-state index contributed by atoms with van der Waals surface area (Å²) >= 11 is 2.35. The lowest BCUT2D eigenvalue weighted by Gasteiger charge is -2.19. The molecule has 0 spiro atoms. The Kier molecular flexibility index (Phi) is 6.82. The van der Waals surface area contributed by atoms with E-state index in [-0.39, 0.29) is 0 Å². The van der Waals surface area contributed by atoms with Crippen LogP contribution < -0.4 is 5.32 Å². The van der Waals surface area contributed by atoms with Crippen LogP contribution in [0.4, 0.5) is 0 Å². The first-order valence-corrected chi connectivity index (χ1v) is 7.34. The van der Waals surface area contributed by atoms with Gasteiger partial charge in [0.05, 0.1) is 0 Å². The molecule has 0 fully saturated rings. The van der Waals surface area contributed by atoms with Gasteiger partial charge in [-0.1, -0.05) is 24.6 Å². The minimum absolute atomic E-state index is 0.462. The van der Waals surface area contributed by atoms with Crippen molar-refractivity contribution >= 4 is 22.6 Å². The molecule has 1 rings (SSSR count). The minimum Gasteiger partial charge on any atom is -0.310 e. The molecule has 0 aromatic heterocycles. The number of allylic oxidation sites excluding steroid dienone is 1. The normalized spacial score (nSPS) is 12.4. The van der Waals surface area contributed by atoms with Crippen LogP contribution in [0.25, 0.3) is 0 Å². The summed E-state index contributed by atoms with van der Waals surface area (Å²) in [5.41, 5.74) is 2.65. The summed E-state index contributed by atoms with van der Waals surface area (Å²) in [4.78, 5) is 0. The van der Waals surface area contributed by atoms with Crippen LogP contribution >= 0.6 is 22.6 Å². The highest BCUT2D eigenvalue weighted by molar-refractivity contribution is 14.1. The van der Waals surface area contributed by atoms with Crippen LogP contribution in [0.2, 0.25) is 0 Å². The zero-order valence-electron chi connectivity index (χ0n) is 10.8. The molecule has 0 saturated heterocycles. The summed E-state index contributed by atoms with van der Waals surface area (Å²) in [6, 6.07) is 9.28. The van der Waals surface area contributed by atoms with Crippen LogP contribution in [-0.4, -0.2) is 6.54 Å². The van der Waals surface area contributed by atoms with E-state index < -0.39 is 0 Å². The molecule has 1 aromatic rings. The van der Waals surface area contributed by atoms with Gasteiger partial charge in [0, 0.05) is 9.61 Å². The Labute approximate surface area is 119 Å². The Morgan fingerprint density at radius 1 is 1.35 bits per heavy atom. The van der Waals surface area contributed by atoms with Crippen molar-refractivity contribution in [3.8, 4) is 0 Å². The molecule has 0 aliphatic heterocycles. The van der Waals surface area contributed by atoms with E-state index in [4.69, 9.17) is 0 Å². The summed E-state index contributed by atoms with van der Waals surface area (Å²) < 4.78 is 1.29. The second-order valence-electron chi connectivity index (χ2n) is 4.55. The maximum absolute atomic E-state index is 3.99. The molecule has 94 valence electrons. The van der Waals surface area contributed by atoms with Gasteiger partial charge in [-0.15, -0.1) is 6.58 Å². The van der Waals surface area contributed by atoms with Gasteiger partial charge in [0.2, 0.25) is 0 Å². The van der Waals surface area contributed by atoms with Crippen molar-refractivity contribution < 1.29 is 0 Å². The molecule has 0 aliphatic rings. The van der Waals surface area contributed by atoms with Gasteiger partial charge in [0.25, 0.3) is 0 Å². The molecule has 17 heavy (non-hydrogen) atoms. The third-order valence-corrected chi connectivity index (χ3v) is 3.49. The average Bonchev–Trinajstić information content (AvgIpc) is 2.30. The first-order valence-electron chi connectivity index (χ1n) is 6.26. The summed E-state index contributed by atoms with van der Waals surface area (Å²) in [7, 11) is 0. The Morgan fingerprint density at radius 2 is 2.00 bits per heavy atom. The monoisotopic (exact) mass is 343 g/mol. The number of halogens is 1. The Hall–Kier alpha value is -0.350. The Balaban J connectivity index is 2.67. The number of hydrogen-bond donors (Lipinski definition) is 1. The van der Waals surface area contributed by atoms with E-state index in [1.165, 1.54) is 21.1 Å². The van der Waals surface area contributed by atoms with Crippen molar-refractivity contribution in [2.45, 2.75) is 39.2 Å². The van der Waals surface area contributed by atoms with Gasteiger partial charge in [-0.25, -0.2) is 0 Å². The molecule has 1 nitrogen and oxygen atoms in total. The van der Waals surface area contributed by atoms with Gasteiger partial charge < -0.3 is 5.32 Å². The lowest BCUT2D eigenvalue weighted by molar-refractivity contribution is 0.499. The van der Waals surface area contributed by atoms with Gasteiger partial charge in [0.1, 0.15) is 0 Å². The molecule has 0 radical (unpaired) electrons. The zero-order valence-corrected chi connectivity index (χ0v) is 13.0. The summed E-state index contributed by atoms with van der Waals surface area (Å²) in [5.74, 6) is 0. The fraction of sp³-hybridized carbons (Fsp3) is 0.467. The first-order chi connectivity index (χ1) is 8.13. The minimum atomic E-state index is 0.462. The van der Waals surface area contributed by atoms with E-state index in [0.29, 0.717) is 6.04 Å². The molecule has 1 aromatic carbocycles. The van der Waals surface area contributed by atoms with Crippen molar-refractivity contribution in [1.29, 1.82) is 0 Å². The standard InChI is InChI=1S/C15H22IN/c1-4-11-17-15(10-5-12(2)3)13-6-8-14(16)9-7-13/h6-9,15,17H,2,4-5,10-11H2,1,3H3. The zero-order chi connectivity index (χ0) is 12.7. The smallest absolute Gasteiger partial charge is 0.0323 e. The van der Waals surface area contributed by atoms with E-state index >= 15 is 0 Å². The molecular formula is C15H22IN. The fourth-order valence-electron chi connectivity index (χ4n) is 1.79. The van der Waals surface area contributed by atoms with Crippen molar-refractivity contribution in [2.24, 2.45) is 0 Å². The molecule has 0 aliphatic carbocycles. The number of hydrogen-bond acceptors (Lipinski definition) is 1. The van der Waals surface area contributed by atoms with Crippen LogP contribution in [-0.2, 0) is 0 Å². The molecular weight excluding hydrogens is 321 g/mol. The molecule has 0 amide bonds. The molecule has 0 bridgehead atoms. The quantitative estimate of drug-likeness (QED) is 0.560. The Morgan fingerprint density at radius 3 is 2.53 bits per heavy atom.